The minimum atomic E-state index is 0.958. The smallest absolute Gasteiger partial charge is 0.0896 e. The van der Waals surface area contributed by atoms with Crippen molar-refractivity contribution in [3.8, 4) is 0 Å². The molecule has 0 saturated carbocycles. The number of benzene rings is 1. The first-order valence-electron chi connectivity index (χ1n) is 4.96. The maximum absolute atomic E-state index is 4.56. The zero-order chi connectivity index (χ0) is 10.3. The van der Waals surface area contributed by atoms with Crippen molar-refractivity contribution in [1.82, 2.24) is 9.97 Å². The van der Waals surface area contributed by atoms with Gasteiger partial charge < -0.3 is 0 Å². The molecule has 0 unspecified atom stereocenters. The van der Waals surface area contributed by atoms with Gasteiger partial charge in [0.1, 0.15) is 0 Å². The van der Waals surface area contributed by atoms with Crippen molar-refractivity contribution in [2.45, 2.75) is 6.92 Å². The third kappa shape index (κ3) is 1.34. The highest BCUT2D eigenvalue weighted by Gasteiger charge is 1.99. The zero-order valence-electron chi connectivity index (χ0n) is 8.44. The van der Waals surface area contributed by atoms with Crippen LogP contribution in [0.5, 0.6) is 0 Å². The van der Waals surface area contributed by atoms with Crippen molar-refractivity contribution >= 4 is 21.9 Å². The van der Waals surface area contributed by atoms with Gasteiger partial charge in [-0.25, -0.2) is 4.98 Å². The van der Waals surface area contributed by atoms with E-state index in [0.717, 1.165) is 27.6 Å². The average Bonchev–Trinajstić information content (AvgIpc) is 2.26. The highest BCUT2D eigenvalue weighted by atomic mass is 14.8. The van der Waals surface area contributed by atoms with Crippen LogP contribution in [0, 0.1) is 6.92 Å². The van der Waals surface area contributed by atoms with Crippen LogP contribution < -0.4 is 0 Å². The second kappa shape index (κ2) is 3.02. The van der Waals surface area contributed by atoms with E-state index in [1.54, 1.807) is 0 Å². The van der Waals surface area contributed by atoms with Crippen molar-refractivity contribution in [1.29, 1.82) is 0 Å². The van der Waals surface area contributed by atoms with Crippen LogP contribution in [0.4, 0.5) is 0 Å². The molecular formula is C13H10N2. The topological polar surface area (TPSA) is 25.8 Å². The van der Waals surface area contributed by atoms with Gasteiger partial charge in [0, 0.05) is 11.1 Å². The van der Waals surface area contributed by atoms with E-state index < -0.39 is 0 Å². The Bertz CT molecular complexity index is 644. The molecule has 2 heteroatoms. The number of hydrogen-bond acceptors (Lipinski definition) is 2. The van der Waals surface area contributed by atoms with Crippen molar-refractivity contribution in [2.75, 3.05) is 0 Å². The van der Waals surface area contributed by atoms with Crippen LogP contribution in [-0.2, 0) is 0 Å². The van der Waals surface area contributed by atoms with Gasteiger partial charge in [-0.15, -0.1) is 0 Å². The van der Waals surface area contributed by atoms with Gasteiger partial charge in [-0.05, 0) is 31.2 Å². The summed E-state index contributed by atoms with van der Waals surface area (Å²) in [4.78, 5) is 9.02. The van der Waals surface area contributed by atoms with E-state index in [1.165, 1.54) is 0 Å². The third-order valence-electron chi connectivity index (χ3n) is 2.51. The first-order valence-corrected chi connectivity index (χ1v) is 4.96. The summed E-state index contributed by atoms with van der Waals surface area (Å²) >= 11 is 0. The Kier molecular flexibility index (Phi) is 1.68. The molecule has 0 bridgehead atoms. The molecule has 3 aromatic rings. The predicted molar refractivity (Wildman–Crippen MR) is 61.8 cm³/mol. The van der Waals surface area contributed by atoms with E-state index in [9.17, 15) is 0 Å². The van der Waals surface area contributed by atoms with E-state index in [-0.39, 0.29) is 0 Å². The second-order valence-corrected chi connectivity index (χ2v) is 3.67. The van der Waals surface area contributed by atoms with Gasteiger partial charge in [-0.1, -0.05) is 18.2 Å². The maximum Gasteiger partial charge on any atom is 0.0896 e. The summed E-state index contributed by atoms with van der Waals surface area (Å²) in [6.45, 7) is 1.99. The minimum Gasteiger partial charge on any atom is -0.251 e. The molecule has 1 aromatic carbocycles. The average molecular weight is 194 g/mol. The number of pyridine rings is 2. The third-order valence-corrected chi connectivity index (χ3v) is 2.51. The molecule has 0 saturated heterocycles. The maximum atomic E-state index is 4.56. The lowest BCUT2D eigenvalue weighted by Gasteiger charge is -2.01. The first kappa shape index (κ1) is 8.36. The van der Waals surface area contributed by atoms with E-state index in [2.05, 4.69) is 22.1 Å². The number of aromatic nitrogens is 2. The van der Waals surface area contributed by atoms with Crippen molar-refractivity contribution < 1.29 is 0 Å². The molecule has 0 atom stereocenters. The van der Waals surface area contributed by atoms with Crippen molar-refractivity contribution in [2.24, 2.45) is 0 Å². The normalized spacial score (nSPS) is 11.0. The fraction of sp³-hybridized carbons (Fsp3) is 0.0769. The SMILES string of the molecule is Cc1ccc2nc3ccccc3cc2n1. The van der Waals surface area contributed by atoms with Crippen LogP contribution in [-0.4, -0.2) is 9.97 Å². The molecule has 0 amide bonds. The van der Waals surface area contributed by atoms with Crippen LogP contribution in [0.3, 0.4) is 0 Å². The van der Waals surface area contributed by atoms with Gasteiger partial charge in [0.2, 0.25) is 0 Å². The van der Waals surface area contributed by atoms with Crippen molar-refractivity contribution in [3.05, 3.63) is 48.2 Å². The van der Waals surface area contributed by atoms with E-state index >= 15 is 0 Å². The summed E-state index contributed by atoms with van der Waals surface area (Å²) < 4.78 is 0. The van der Waals surface area contributed by atoms with Gasteiger partial charge in [-0.2, -0.15) is 0 Å². The summed E-state index contributed by atoms with van der Waals surface area (Å²) in [5.74, 6) is 0. The number of nitrogens with zero attached hydrogens (tertiary/aromatic N) is 2. The molecule has 2 nitrogen and oxygen atoms in total. The summed E-state index contributed by atoms with van der Waals surface area (Å²) in [5.41, 5.74) is 3.98. The monoisotopic (exact) mass is 194 g/mol. The number of aryl methyl sites for hydroxylation is 1. The zero-order valence-corrected chi connectivity index (χ0v) is 8.44. The largest absolute Gasteiger partial charge is 0.251 e. The van der Waals surface area contributed by atoms with E-state index in [0.29, 0.717) is 0 Å². The first-order chi connectivity index (χ1) is 7.33. The number of rotatable bonds is 0. The fourth-order valence-electron chi connectivity index (χ4n) is 1.76. The number of para-hydroxylation sites is 1. The van der Waals surface area contributed by atoms with E-state index in [4.69, 9.17) is 0 Å². The van der Waals surface area contributed by atoms with Crippen LogP contribution >= 0.6 is 0 Å². The molecule has 0 aliphatic carbocycles. The van der Waals surface area contributed by atoms with Crippen molar-refractivity contribution in [3.63, 3.8) is 0 Å². The summed E-state index contributed by atoms with van der Waals surface area (Å²) in [5, 5.41) is 1.14. The Morgan fingerprint density at radius 3 is 2.60 bits per heavy atom. The summed E-state index contributed by atoms with van der Waals surface area (Å²) in [7, 11) is 0. The Hall–Kier alpha value is -1.96. The predicted octanol–water partition coefficient (Wildman–Crippen LogP) is 3.09. The van der Waals surface area contributed by atoms with Gasteiger partial charge in [0.25, 0.3) is 0 Å². The Morgan fingerprint density at radius 1 is 0.800 bits per heavy atom. The Balaban J connectivity index is 2.47. The second-order valence-electron chi connectivity index (χ2n) is 3.67. The minimum absolute atomic E-state index is 0.958. The molecular weight excluding hydrogens is 184 g/mol. The van der Waals surface area contributed by atoms with Gasteiger partial charge in [0.15, 0.2) is 0 Å². The lowest BCUT2D eigenvalue weighted by atomic mass is 10.2. The molecule has 0 fully saturated rings. The Labute approximate surface area is 87.6 Å². The summed E-state index contributed by atoms with van der Waals surface area (Å²) in [6, 6.07) is 14.2. The van der Waals surface area contributed by atoms with E-state index in [1.807, 2.05) is 37.3 Å². The highest BCUT2D eigenvalue weighted by Crippen LogP contribution is 2.17. The summed E-state index contributed by atoms with van der Waals surface area (Å²) in [6.07, 6.45) is 0. The van der Waals surface area contributed by atoms with Gasteiger partial charge in [0.05, 0.1) is 16.6 Å². The molecule has 2 aromatic heterocycles. The lowest BCUT2D eigenvalue weighted by Crippen LogP contribution is -1.86. The highest BCUT2D eigenvalue weighted by molar-refractivity contribution is 5.90. The van der Waals surface area contributed by atoms with Crippen LogP contribution in [0.2, 0.25) is 0 Å². The molecule has 0 aliphatic heterocycles. The van der Waals surface area contributed by atoms with Crippen LogP contribution in [0.25, 0.3) is 21.9 Å². The molecule has 0 aliphatic rings. The molecule has 0 radical (unpaired) electrons. The molecule has 15 heavy (non-hydrogen) atoms. The van der Waals surface area contributed by atoms with Crippen LogP contribution in [0.1, 0.15) is 5.69 Å². The molecule has 0 spiro atoms. The number of hydrogen-bond donors (Lipinski definition) is 0. The van der Waals surface area contributed by atoms with Gasteiger partial charge in [-0.3, -0.25) is 4.98 Å². The standard InChI is InChI=1S/C13H10N2/c1-9-6-7-12-13(14-9)8-10-4-2-3-5-11(10)15-12/h2-8H,1H3. The quantitative estimate of drug-likeness (QED) is 0.514. The van der Waals surface area contributed by atoms with Gasteiger partial charge >= 0.3 is 0 Å². The number of fused-ring (bicyclic) bond motifs is 2. The fourth-order valence-corrected chi connectivity index (χ4v) is 1.76. The lowest BCUT2D eigenvalue weighted by molar-refractivity contribution is 1.25. The molecule has 3 rings (SSSR count). The van der Waals surface area contributed by atoms with Crippen LogP contribution in [0.15, 0.2) is 42.5 Å². The molecule has 72 valence electrons. The molecule has 2 heterocycles. The molecule has 0 N–H and O–H groups in total. The Morgan fingerprint density at radius 2 is 1.67 bits per heavy atom.